The van der Waals surface area contributed by atoms with Gasteiger partial charge in [-0.15, -0.1) is 0 Å². The Bertz CT molecular complexity index is 1270. The van der Waals surface area contributed by atoms with Crippen molar-refractivity contribution in [2.24, 2.45) is 5.92 Å². The van der Waals surface area contributed by atoms with Gasteiger partial charge in [-0.2, -0.15) is 0 Å². The number of pyridine rings is 1. The number of hydrogen-bond acceptors (Lipinski definition) is 4. The zero-order valence-corrected chi connectivity index (χ0v) is 19.8. The van der Waals surface area contributed by atoms with Crippen LogP contribution >= 0.6 is 0 Å². The van der Waals surface area contributed by atoms with Crippen molar-refractivity contribution in [1.29, 1.82) is 0 Å². The molecule has 0 atom stereocenters. The molecule has 1 saturated carbocycles. The van der Waals surface area contributed by atoms with E-state index in [1.807, 2.05) is 6.20 Å². The molecule has 2 aliphatic heterocycles. The summed E-state index contributed by atoms with van der Waals surface area (Å²) >= 11 is 0. The standard InChI is InChI=1S/C28H32N4O2/c1-31-17-23-26-22(21-4-2-3-5-24(21)31)10-13-29-28(26)30-27(23)19-11-14-32(15-12-19)20-8-6-18(7-9-20)16-25(33)34/h2-5,10-11,13,18,20H,6-9,12,14-17H2,1H3,(H,29,30)(H,33,34)/t18-,20-. The molecule has 1 fully saturated rings. The predicted octanol–water partition coefficient (Wildman–Crippen LogP) is 5.30. The molecule has 34 heavy (non-hydrogen) atoms. The number of nitrogens with zero attached hydrogens (tertiary/aromatic N) is 3. The van der Waals surface area contributed by atoms with Crippen LogP contribution in [0, 0.1) is 5.92 Å². The Hall–Kier alpha value is -3.12. The number of aromatic nitrogens is 2. The smallest absolute Gasteiger partial charge is 0.303 e. The van der Waals surface area contributed by atoms with Crippen LogP contribution < -0.4 is 4.90 Å². The molecule has 6 rings (SSSR count). The van der Waals surface area contributed by atoms with Gasteiger partial charge in [0.2, 0.25) is 0 Å². The van der Waals surface area contributed by atoms with Gasteiger partial charge < -0.3 is 15.0 Å². The lowest BCUT2D eigenvalue weighted by Gasteiger charge is -2.38. The Morgan fingerprint density at radius 3 is 2.74 bits per heavy atom. The number of aromatic amines is 1. The molecule has 176 valence electrons. The largest absolute Gasteiger partial charge is 0.481 e. The quantitative estimate of drug-likeness (QED) is 0.557. The molecule has 0 bridgehead atoms. The number of aliphatic carboxylic acids is 1. The minimum atomic E-state index is -0.654. The van der Waals surface area contributed by atoms with Crippen molar-refractivity contribution < 1.29 is 9.90 Å². The zero-order valence-electron chi connectivity index (χ0n) is 19.8. The molecular formula is C28H32N4O2. The second-order valence-corrected chi connectivity index (χ2v) is 10.2. The number of carboxylic acid groups (broad SMARTS) is 1. The summed E-state index contributed by atoms with van der Waals surface area (Å²) in [6.07, 6.45) is 10.0. The molecule has 2 N–H and O–H groups in total. The number of hydrogen-bond donors (Lipinski definition) is 2. The lowest BCUT2D eigenvalue weighted by Crippen LogP contribution is -2.40. The topological polar surface area (TPSA) is 72.5 Å². The molecule has 0 amide bonds. The molecule has 0 spiro atoms. The fraction of sp³-hybridized carbons (Fsp3) is 0.429. The van der Waals surface area contributed by atoms with Gasteiger partial charge in [0, 0.05) is 73.2 Å². The van der Waals surface area contributed by atoms with E-state index in [4.69, 9.17) is 10.1 Å². The molecule has 6 heteroatoms. The first kappa shape index (κ1) is 21.4. The Kier molecular flexibility index (Phi) is 5.41. The van der Waals surface area contributed by atoms with Crippen LogP contribution in [0.2, 0.25) is 0 Å². The average Bonchev–Trinajstić information content (AvgIpc) is 3.16. The van der Waals surface area contributed by atoms with E-state index >= 15 is 0 Å². The molecule has 0 unspecified atom stereocenters. The maximum Gasteiger partial charge on any atom is 0.303 e. The second-order valence-electron chi connectivity index (χ2n) is 10.2. The lowest BCUT2D eigenvalue weighted by molar-refractivity contribution is -0.138. The van der Waals surface area contributed by atoms with Crippen LogP contribution in [0.15, 0.2) is 42.6 Å². The Morgan fingerprint density at radius 1 is 1.15 bits per heavy atom. The molecule has 0 saturated heterocycles. The summed E-state index contributed by atoms with van der Waals surface area (Å²) in [6, 6.07) is 11.4. The first-order chi connectivity index (χ1) is 16.6. The predicted molar refractivity (Wildman–Crippen MR) is 136 cm³/mol. The van der Waals surface area contributed by atoms with E-state index in [-0.39, 0.29) is 0 Å². The monoisotopic (exact) mass is 456 g/mol. The highest BCUT2D eigenvalue weighted by molar-refractivity contribution is 6.02. The Labute approximate surface area is 200 Å². The molecule has 4 heterocycles. The number of nitrogens with one attached hydrogen (secondary N) is 1. The van der Waals surface area contributed by atoms with Crippen LogP contribution in [0.25, 0.3) is 27.7 Å². The van der Waals surface area contributed by atoms with Crippen LogP contribution in [0.1, 0.15) is 49.8 Å². The van der Waals surface area contributed by atoms with Gasteiger partial charge in [0.15, 0.2) is 0 Å². The van der Waals surface area contributed by atoms with Gasteiger partial charge in [0.25, 0.3) is 0 Å². The first-order valence-corrected chi connectivity index (χ1v) is 12.5. The highest BCUT2D eigenvalue weighted by atomic mass is 16.4. The number of H-pyrrole nitrogens is 1. The van der Waals surface area contributed by atoms with Gasteiger partial charge in [0.05, 0.1) is 0 Å². The van der Waals surface area contributed by atoms with E-state index in [0.29, 0.717) is 18.4 Å². The van der Waals surface area contributed by atoms with Crippen LogP contribution in [-0.4, -0.2) is 52.1 Å². The van der Waals surface area contributed by atoms with Gasteiger partial charge in [-0.3, -0.25) is 9.69 Å². The minimum absolute atomic E-state index is 0.328. The third-order valence-corrected chi connectivity index (χ3v) is 8.16. The molecular weight excluding hydrogens is 424 g/mol. The van der Waals surface area contributed by atoms with Gasteiger partial charge in [0.1, 0.15) is 5.65 Å². The lowest BCUT2D eigenvalue weighted by atomic mass is 9.83. The van der Waals surface area contributed by atoms with E-state index in [1.165, 1.54) is 39.0 Å². The van der Waals surface area contributed by atoms with Gasteiger partial charge in [-0.05, 0) is 61.3 Å². The zero-order chi connectivity index (χ0) is 23.2. The van der Waals surface area contributed by atoms with Crippen LogP contribution in [-0.2, 0) is 11.3 Å². The SMILES string of the molecule is CN1Cc2c(C3=CCN([C@H]4CC[C@H](CC(=O)O)CC4)CC3)[nH]c3nccc(c23)-c2ccccc21. The Morgan fingerprint density at radius 2 is 1.97 bits per heavy atom. The number of carboxylic acids is 1. The van der Waals surface area contributed by atoms with Crippen molar-refractivity contribution in [2.75, 3.05) is 25.0 Å². The summed E-state index contributed by atoms with van der Waals surface area (Å²) in [4.78, 5) is 24.4. The van der Waals surface area contributed by atoms with Crippen molar-refractivity contribution in [2.45, 2.75) is 51.1 Å². The number of benzene rings is 1. The summed E-state index contributed by atoms with van der Waals surface area (Å²) in [5, 5.41) is 10.3. The molecule has 2 aromatic heterocycles. The molecule has 6 nitrogen and oxygen atoms in total. The second kappa shape index (κ2) is 8.58. The van der Waals surface area contributed by atoms with Crippen LogP contribution in [0.4, 0.5) is 5.69 Å². The summed E-state index contributed by atoms with van der Waals surface area (Å²) in [7, 11) is 2.18. The van der Waals surface area contributed by atoms with Crippen LogP contribution in [0.3, 0.4) is 0 Å². The number of carbonyl (C=O) groups is 1. The van der Waals surface area contributed by atoms with Crippen molar-refractivity contribution in [3.8, 4) is 11.1 Å². The normalized spacial score (nSPS) is 22.9. The molecule has 1 aliphatic carbocycles. The van der Waals surface area contributed by atoms with E-state index < -0.39 is 5.97 Å². The van der Waals surface area contributed by atoms with E-state index in [1.54, 1.807) is 0 Å². The molecule has 3 aliphatic rings. The number of para-hydroxylation sites is 1. The molecule has 3 aromatic rings. The van der Waals surface area contributed by atoms with E-state index in [0.717, 1.165) is 57.4 Å². The maximum absolute atomic E-state index is 11.0. The summed E-state index contributed by atoms with van der Waals surface area (Å²) in [5.41, 5.74) is 8.77. The summed E-state index contributed by atoms with van der Waals surface area (Å²) in [5.74, 6) is -0.297. The third-order valence-electron chi connectivity index (χ3n) is 8.16. The number of rotatable bonds is 4. The van der Waals surface area contributed by atoms with Crippen molar-refractivity contribution in [3.05, 3.63) is 53.9 Å². The fourth-order valence-corrected chi connectivity index (χ4v) is 6.40. The van der Waals surface area contributed by atoms with Crippen LogP contribution in [0.5, 0.6) is 0 Å². The fourth-order valence-electron chi connectivity index (χ4n) is 6.40. The minimum Gasteiger partial charge on any atom is -0.481 e. The number of anilines is 1. The number of fused-ring (bicyclic) bond motifs is 2. The highest BCUT2D eigenvalue weighted by Crippen LogP contribution is 2.43. The average molecular weight is 457 g/mol. The maximum atomic E-state index is 11.0. The van der Waals surface area contributed by atoms with Crippen molar-refractivity contribution >= 4 is 28.3 Å². The molecule has 0 radical (unpaired) electrons. The van der Waals surface area contributed by atoms with E-state index in [9.17, 15) is 4.79 Å². The van der Waals surface area contributed by atoms with Gasteiger partial charge >= 0.3 is 5.97 Å². The first-order valence-electron chi connectivity index (χ1n) is 12.5. The summed E-state index contributed by atoms with van der Waals surface area (Å²) in [6.45, 7) is 2.89. The van der Waals surface area contributed by atoms with Gasteiger partial charge in [-0.1, -0.05) is 24.3 Å². The molecule has 1 aromatic carbocycles. The van der Waals surface area contributed by atoms with E-state index in [2.05, 4.69) is 58.2 Å². The van der Waals surface area contributed by atoms with Gasteiger partial charge in [-0.25, -0.2) is 4.98 Å². The Balaban J connectivity index is 1.26. The van der Waals surface area contributed by atoms with Crippen molar-refractivity contribution in [1.82, 2.24) is 14.9 Å². The third kappa shape index (κ3) is 3.70. The highest BCUT2D eigenvalue weighted by Gasteiger charge is 2.30. The van der Waals surface area contributed by atoms with Crippen molar-refractivity contribution in [3.63, 3.8) is 0 Å². The summed E-state index contributed by atoms with van der Waals surface area (Å²) < 4.78 is 0.